The van der Waals surface area contributed by atoms with Crippen LogP contribution in [0, 0.1) is 0 Å². The van der Waals surface area contributed by atoms with Crippen molar-refractivity contribution in [2.45, 2.75) is 77.2 Å². The molecule has 0 aliphatic carbocycles. The van der Waals surface area contributed by atoms with Crippen molar-refractivity contribution in [2.24, 2.45) is 5.10 Å². The molecule has 4 aliphatic heterocycles. The molecule has 2 saturated heterocycles. The third-order valence-electron chi connectivity index (χ3n) is 7.82. The summed E-state index contributed by atoms with van der Waals surface area (Å²) < 4.78 is 5.82. The van der Waals surface area contributed by atoms with Crippen LogP contribution in [-0.4, -0.2) is 82.5 Å². The number of amidine groups is 1. The second kappa shape index (κ2) is 11.1. The van der Waals surface area contributed by atoms with E-state index in [0.29, 0.717) is 18.9 Å². The van der Waals surface area contributed by atoms with Crippen molar-refractivity contribution in [1.82, 2.24) is 30.6 Å². The van der Waals surface area contributed by atoms with Gasteiger partial charge >= 0.3 is 0 Å². The molecule has 2 N–H and O–H groups in total. The molecule has 3 unspecified atom stereocenters. The highest BCUT2D eigenvalue weighted by atomic mass is 16.5. The van der Waals surface area contributed by atoms with Crippen LogP contribution in [0.1, 0.15) is 64.5 Å². The summed E-state index contributed by atoms with van der Waals surface area (Å²) in [6.45, 7) is 10.9. The minimum absolute atomic E-state index is 0.0730. The number of carbonyl (C=O) groups excluding carboxylic acids is 1. The van der Waals surface area contributed by atoms with Gasteiger partial charge < -0.3 is 19.5 Å². The van der Waals surface area contributed by atoms with Crippen LogP contribution in [-0.2, 0) is 4.79 Å². The van der Waals surface area contributed by atoms with Crippen molar-refractivity contribution in [3.05, 3.63) is 42.2 Å². The van der Waals surface area contributed by atoms with Crippen molar-refractivity contribution < 1.29 is 9.53 Å². The fourth-order valence-corrected chi connectivity index (χ4v) is 5.52. The summed E-state index contributed by atoms with van der Waals surface area (Å²) in [4.78, 5) is 19.5. The largest absolute Gasteiger partial charge is 0.494 e. The van der Waals surface area contributed by atoms with Crippen LogP contribution in [0.5, 0.6) is 5.75 Å². The van der Waals surface area contributed by atoms with Crippen LogP contribution >= 0.6 is 0 Å². The third kappa shape index (κ3) is 5.32. The Morgan fingerprint density at radius 1 is 1.14 bits per heavy atom. The van der Waals surface area contributed by atoms with Gasteiger partial charge in [0.15, 0.2) is 0 Å². The summed E-state index contributed by atoms with van der Waals surface area (Å²) in [6.07, 6.45) is 8.58. The first kappa shape index (κ1) is 24.9. The second-order valence-corrected chi connectivity index (χ2v) is 10.5. The van der Waals surface area contributed by atoms with E-state index in [4.69, 9.17) is 4.74 Å². The third-order valence-corrected chi connectivity index (χ3v) is 7.82. The Bertz CT molecular complexity index is 955. The average molecular weight is 496 g/mol. The number of hydrazone groups is 1. The molecule has 4 aliphatic rings. The summed E-state index contributed by atoms with van der Waals surface area (Å²) in [5, 5.41) is 6.83. The quantitative estimate of drug-likeness (QED) is 0.510. The SMILES string of the molecule is CCCCOc1ccc(C2CC3C4NN=C(CCC(=O)N5CCN(C(C)C)CC5)N4C=CN3N2)cc1. The van der Waals surface area contributed by atoms with E-state index >= 15 is 0 Å². The van der Waals surface area contributed by atoms with Crippen molar-refractivity contribution in [1.29, 1.82) is 0 Å². The lowest BCUT2D eigenvalue weighted by Crippen LogP contribution is -2.54. The lowest BCUT2D eigenvalue weighted by atomic mass is 9.99. The normalized spacial score (nSPS) is 25.6. The van der Waals surface area contributed by atoms with Crippen molar-refractivity contribution in [3.63, 3.8) is 0 Å². The number of ether oxygens (including phenoxy) is 1. The van der Waals surface area contributed by atoms with Gasteiger partial charge in [0, 0.05) is 57.5 Å². The number of hydrogen-bond acceptors (Lipinski definition) is 8. The predicted octanol–water partition coefficient (Wildman–Crippen LogP) is 2.85. The average Bonchev–Trinajstić information content (AvgIpc) is 3.52. The fourth-order valence-electron chi connectivity index (χ4n) is 5.52. The molecule has 1 aromatic rings. The van der Waals surface area contributed by atoms with Crippen molar-refractivity contribution in [3.8, 4) is 5.75 Å². The molecule has 36 heavy (non-hydrogen) atoms. The molecular weight excluding hydrogens is 454 g/mol. The molecule has 0 radical (unpaired) electrons. The smallest absolute Gasteiger partial charge is 0.223 e. The van der Waals surface area contributed by atoms with E-state index in [1.807, 2.05) is 4.90 Å². The van der Waals surface area contributed by atoms with E-state index in [-0.39, 0.29) is 24.2 Å². The number of rotatable bonds is 9. The molecular formula is C27H41N7O2. The predicted molar refractivity (Wildman–Crippen MR) is 141 cm³/mol. The Hall–Kier alpha value is -2.78. The zero-order valence-corrected chi connectivity index (χ0v) is 21.9. The fraction of sp³-hybridized carbons (Fsp3) is 0.630. The van der Waals surface area contributed by atoms with Crippen LogP contribution in [0.3, 0.4) is 0 Å². The Morgan fingerprint density at radius 3 is 2.64 bits per heavy atom. The zero-order chi connectivity index (χ0) is 25.1. The topological polar surface area (TPSA) is 75.7 Å². The zero-order valence-electron chi connectivity index (χ0n) is 21.9. The molecule has 4 heterocycles. The summed E-state index contributed by atoms with van der Waals surface area (Å²) >= 11 is 0. The molecule has 5 rings (SSSR count). The van der Waals surface area contributed by atoms with Crippen LogP contribution in [0.25, 0.3) is 0 Å². The molecule has 0 spiro atoms. The standard InChI is InChI=1S/C27H41N7O2/c1-4-5-18-36-22-8-6-21(7-9-22)23-19-24-27-29-28-25(33(27)16-17-34(24)30-23)10-11-26(35)32-14-12-31(13-15-32)20(2)3/h6-9,16-17,20,23-24,27,29-30H,4-5,10-15,18-19H2,1-3H3. The van der Waals surface area contributed by atoms with Gasteiger partial charge in [0.25, 0.3) is 0 Å². The number of nitrogens with one attached hydrogen (secondary N) is 2. The van der Waals surface area contributed by atoms with E-state index in [2.05, 4.69) is 88.2 Å². The summed E-state index contributed by atoms with van der Waals surface area (Å²) in [7, 11) is 0. The molecule has 1 aromatic carbocycles. The van der Waals surface area contributed by atoms with Crippen LogP contribution in [0.4, 0.5) is 0 Å². The van der Waals surface area contributed by atoms with E-state index in [0.717, 1.165) is 63.6 Å². The number of benzene rings is 1. The van der Waals surface area contributed by atoms with Gasteiger partial charge in [0.2, 0.25) is 5.91 Å². The Balaban J connectivity index is 1.11. The molecule has 0 bridgehead atoms. The lowest BCUT2D eigenvalue weighted by Gasteiger charge is -2.37. The first-order valence-electron chi connectivity index (χ1n) is 13.6. The maximum Gasteiger partial charge on any atom is 0.223 e. The molecule has 196 valence electrons. The summed E-state index contributed by atoms with van der Waals surface area (Å²) in [6, 6.07) is 9.49. The Morgan fingerprint density at radius 2 is 1.92 bits per heavy atom. The molecule has 0 saturated carbocycles. The molecule has 2 fully saturated rings. The summed E-state index contributed by atoms with van der Waals surface area (Å²) in [5.74, 6) is 2.11. The maximum absolute atomic E-state index is 12.8. The minimum atomic E-state index is 0.0730. The van der Waals surface area contributed by atoms with Gasteiger partial charge in [0.1, 0.15) is 17.8 Å². The van der Waals surface area contributed by atoms with Gasteiger partial charge in [-0.25, -0.2) is 5.43 Å². The van der Waals surface area contributed by atoms with Crippen molar-refractivity contribution >= 4 is 11.7 Å². The van der Waals surface area contributed by atoms with E-state index in [9.17, 15) is 4.79 Å². The molecule has 0 aromatic heterocycles. The second-order valence-electron chi connectivity index (χ2n) is 10.5. The summed E-state index contributed by atoms with van der Waals surface area (Å²) in [5.41, 5.74) is 8.24. The number of carbonyl (C=O) groups is 1. The van der Waals surface area contributed by atoms with Crippen molar-refractivity contribution in [2.75, 3.05) is 32.8 Å². The van der Waals surface area contributed by atoms with Gasteiger partial charge in [-0.05, 0) is 44.4 Å². The highest BCUT2D eigenvalue weighted by Gasteiger charge is 2.44. The van der Waals surface area contributed by atoms with Gasteiger partial charge in [-0.3, -0.25) is 15.1 Å². The van der Waals surface area contributed by atoms with Crippen LogP contribution in [0.15, 0.2) is 41.8 Å². The van der Waals surface area contributed by atoms with Gasteiger partial charge in [-0.2, -0.15) is 5.10 Å². The number of amides is 1. The highest BCUT2D eigenvalue weighted by Crippen LogP contribution is 2.34. The first-order chi connectivity index (χ1) is 17.5. The number of hydrazine groups is 1. The number of nitrogens with zero attached hydrogens (tertiary/aromatic N) is 5. The monoisotopic (exact) mass is 495 g/mol. The molecule has 1 amide bonds. The molecule has 3 atom stereocenters. The van der Waals surface area contributed by atoms with E-state index in [1.165, 1.54) is 5.56 Å². The van der Waals surface area contributed by atoms with Gasteiger partial charge in [-0.15, -0.1) is 0 Å². The molecule has 9 nitrogen and oxygen atoms in total. The number of unbranched alkanes of at least 4 members (excludes halogenated alkanes) is 1. The first-order valence-corrected chi connectivity index (χ1v) is 13.6. The Kier molecular flexibility index (Phi) is 7.67. The lowest BCUT2D eigenvalue weighted by molar-refractivity contribution is -0.133. The molecule has 9 heteroatoms. The number of fused-ring (bicyclic) bond motifs is 3. The highest BCUT2D eigenvalue weighted by molar-refractivity contribution is 5.89. The maximum atomic E-state index is 12.8. The Labute approximate surface area is 215 Å². The van der Waals surface area contributed by atoms with Gasteiger partial charge in [0.05, 0.1) is 18.7 Å². The van der Waals surface area contributed by atoms with E-state index in [1.54, 1.807) is 0 Å². The van der Waals surface area contributed by atoms with E-state index < -0.39 is 0 Å². The van der Waals surface area contributed by atoms with Crippen LogP contribution in [0.2, 0.25) is 0 Å². The van der Waals surface area contributed by atoms with Gasteiger partial charge in [-0.1, -0.05) is 25.5 Å². The minimum Gasteiger partial charge on any atom is -0.494 e. The number of hydrogen-bond donors (Lipinski definition) is 2. The van der Waals surface area contributed by atoms with Crippen LogP contribution < -0.4 is 15.6 Å². The number of piperazine rings is 1.